The molecule has 2 aromatic rings. The summed E-state index contributed by atoms with van der Waals surface area (Å²) in [5.74, 6) is 0.405. The van der Waals surface area contributed by atoms with E-state index in [1.165, 1.54) is 7.11 Å². The number of carbonyl (C=O) groups excluding carboxylic acids is 1. The normalized spacial score (nSPS) is 10.0. The molecule has 0 aliphatic heterocycles. The van der Waals surface area contributed by atoms with Gasteiger partial charge in [-0.05, 0) is 29.8 Å². The maximum absolute atomic E-state index is 11.7. The van der Waals surface area contributed by atoms with Crippen LogP contribution in [0, 0.1) is 0 Å². The minimum absolute atomic E-state index is 0.339. The monoisotopic (exact) mass is 349 g/mol. The Morgan fingerprint density at radius 1 is 1.19 bits per heavy atom. The highest BCUT2D eigenvalue weighted by Gasteiger charge is 2.11. The zero-order valence-electron chi connectivity index (χ0n) is 11.9. The summed E-state index contributed by atoms with van der Waals surface area (Å²) in [4.78, 5) is 11.7. The predicted octanol–water partition coefficient (Wildman–Crippen LogP) is 3.86. The van der Waals surface area contributed by atoms with Crippen molar-refractivity contribution in [2.45, 2.75) is 6.54 Å². The molecule has 0 radical (unpaired) electrons. The maximum Gasteiger partial charge on any atom is 0.338 e. The molecule has 0 aliphatic rings. The molecule has 4 nitrogen and oxygen atoms in total. The first-order valence-electron chi connectivity index (χ1n) is 6.39. The Balaban J connectivity index is 2.21. The SMILES string of the molecule is COC(=O)c1ccccc1CNc1cc(Br)ccc1OC. The van der Waals surface area contributed by atoms with Gasteiger partial charge >= 0.3 is 5.97 Å². The van der Waals surface area contributed by atoms with Crippen LogP contribution in [0.3, 0.4) is 0 Å². The third kappa shape index (κ3) is 3.76. The number of hydrogen-bond donors (Lipinski definition) is 1. The van der Waals surface area contributed by atoms with Crippen molar-refractivity contribution in [1.82, 2.24) is 0 Å². The van der Waals surface area contributed by atoms with Crippen LogP contribution in [0.15, 0.2) is 46.9 Å². The van der Waals surface area contributed by atoms with Gasteiger partial charge in [-0.25, -0.2) is 4.79 Å². The Morgan fingerprint density at radius 2 is 1.95 bits per heavy atom. The second-order valence-electron chi connectivity index (χ2n) is 4.35. The van der Waals surface area contributed by atoms with Gasteiger partial charge < -0.3 is 14.8 Å². The Morgan fingerprint density at radius 3 is 2.67 bits per heavy atom. The molecule has 0 amide bonds. The Hall–Kier alpha value is -2.01. The van der Waals surface area contributed by atoms with Gasteiger partial charge in [-0.1, -0.05) is 34.1 Å². The van der Waals surface area contributed by atoms with Crippen molar-refractivity contribution >= 4 is 27.6 Å². The van der Waals surface area contributed by atoms with Crippen LogP contribution in [-0.4, -0.2) is 20.2 Å². The molecule has 0 unspecified atom stereocenters. The molecule has 1 N–H and O–H groups in total. The first-order chi connectivity index (χ1) is 10.2. The highest BCUT2D eigenvalue weighted by atomic mass is 79.9. The molecule has 110 valence electrons. The molecule has 0 bridgehead atoms. The molecule has 2 rings (SSSR count). The molecule has 0 saturated heterocycles. The first-order valence-corrected chi connectivity index (χ1v) is 7.18. The van der Waals surface area contributed by atoms with E-state index in [9.17, 15) is 4.79 Å². The van der Waals surface area contributed by atoms with Gasteiger partial charge in [-0.3, -0.25) is 0 Å². The average Bonchev–Trinajstić information content (AvgIpc) is 2.52. The molecule has 2 aromatic carbocycles. The standard InChI is InChI=1S/C16H16BrNO3/c1-20-15-8-7-12(17)9-14(15)18-10-11-5-3-4-6-13(11)16(19)21-2/h3-9,18H,10H2,1-2H3. The molecule has 5 heteroatoms. The van der Waals surface area contributed by atoms with Crippen LogP contribution in [0.1, 0.15) is 15.9 Å². The van der Waals surface area contributed by atoms with Gasteiger partial charge in [-0.15, -0.1) is 0 Å². The van der Waals surface area contributed by atoms with E-state index >= 15 is 0 Å². The van der Waals surface area contributed by atoms with E-state index in [0.717, 1.165) is 21.5 Å². The molecule has 0 spiro atoms. The lowest BCUT2D eigenvalue weighted by Crippen LogP contribution is -2.09. The molecule has 0 saturated carbocycles. The van der Waals surface area contributed by atoms with Gasteiger partial charge in [0.25, 0.3) is 0 Å². The van der Waals surface area contributed by atoms with Crippen molar-refractivity contribution in [2.24, 2.45) is 0 Å². The number of carbonyl (C=O) groups is 1. The van der Waals surface area contributed by atoms with Crippen molar-refractivity contribution < 1.29 is 14.3 Å². The van der Waals surface area contributed by atoms with Crippen molar-refractivity contribution in [1.29, 1.82) is 0 Å². The fraction of sp³-hybridized carbons (Fsp3) is 0.188. The molecule has 0 aromatic heterocycles. The van der Waals surface area contributed by atoms with Crippen molar-refractivity contribution in [2.75, 3.05) is 19.5 Å². The molecule has 21 heavy (non-hydrogen) atoms. The van der Waals surface area contributed by atoms with Gasteiger partial charge in [0, 0.05) is 11.0 Å². The van der Waals surface area contributed by atoms with Crippen molar-refractivity contribution in [3.8, 4) is 5.75 Å². The summed E-state index contributed by atoms with van der Waals surface area (Å²) in [5, 5.41) is 3.28. The van der Waals surface area contributed by atoms with E-state index in [-0.39, 0.29) is 5.97 Å². The smallest absolute Gasteiger partial charge is 0.338 e. The van der Waals surface area contributed by atoms with Gasteiger partial charge in [0.1, 0.15) is 5.75 Å². The van der Waals surface area contributed by atoms with Crippen molar-refractivity contribution in [3.05, 3.63) is 58.1 Å². The third-order valence-electron chi connectivity index (χ3n) is 3.05. The second kappa shape index (κ2) is 7.13. The molecule has 0 atom stereocenters. The largest absolute Gasteiger partial charge is 0.495 e. The van der Waals surface area contributed by atoms with Crippen LogP contribution >= 0.6 is 15.9 Å². The summed E-state index contributed by atoms with van der Waals surface area (Å²) in [5.41, 5.74) is 2.28. The number of methoxy groups -OCH3 is 2. The van der Waals surface area contributed by atoms with Gasteiger partial charge in [-0.2, -0.15) is 0 Å². The van der Waals surface area contributed by atoms with E-state index in [2.05, 4.69) is 21.2 Å². The first kappa shape index (κ1) is 15.4. The molecule has 0 heterocycles. The van der Waals surface area contributed by atoms with Crippen LogP contribution < -0.4 is 10.1 Å². The highest BCUT2D eigenvalue weighted by Crippen LogP contribution is 2.28. The zero-order valence-corrected chi connectivity index (χ0v) is 13.4. The van der Waals surface area contributed by atoms with Crippen LogP contribution in [0.5, 0.6) is 5.75 Å². The van der Waals surface area contributed by atoms with Gasteiger partial charge in [0.05, 0.1) is 25.5 Å². The lowest BCUT2D eigenvalue weighted by molar-refractivity contribution is 0.0599. The molecule has 0 fully saturated rings. The third-order valence-corrected chi connectivity index (χ3v) is 3.55. The van der Waals surface area contributed by atoms with Crippen LogP contribution in [0.25, 0.3) is 0 Å². The quantitative estimate of drug-likeness (QED) is 0.832. The summed E-state index contributed by atoms with van der Waals surface area (Å²) < 4.78 is 11.1. The summed E-state index contributed by atoms with van der Waals surface area (Å²) in [6.45, 7) is 0.498. The number of benzene rings is 2. The number of rotatable bonds is 5. The lowest BCUT2D eigenvalue weighted by Gasteiger charge is -2.13. The molecular formula is C16H16BrNO3. The summed E-state index contributed by atoms with van der Waals surface area (Å²) in [6, 6.07) is 13.1. The number of ether oxygens (including phenoxy) is 2. The van der Waals surface area contributed by atoms with Gasteiger partial charge in [0.2, 0.25) is 0 Å². The summed E-state index contributed by atoms with van der Waals surface area (Å²) in [7, 11) is 3.00. The average molecular weight is 350 g/mol. The maximum atomic E-state index is 11.7. The highest BCUT2D eigenvalue weighted by molar-refractivity contribution is 9.10. The molecule has 0 aliphatic carbocycles. The number of halogens is 1. The van der Waals surface area contributed by atoms with Crippen LogP contribution in [0.2, 0.25) is 0 Å². The van der Waals surface area contributed by atoms with E-state index < -0.39 is 0 Å². The predicted molar refractivity (Wildman–Crippen MR) is 85.8 cm³/mol. The Kier molecular flexibility index (Phi) is 5.22. The minimum atomic E-state index is -0.339. The lowest BCUT2D eigenvalue weighted by atomic mass is 10.1. The Labute approximate surface area is 132 Å². The summed E-state index contributed by atoms with van der Waals surface area (Å²) >= 11 is 3.43. The van der Waals surface area contributed by atoms with E-state index in [1.54, 1.807) is 13.2 Å². The van der Waals surface area contributed by atoms with Crippen molar-refractivity contribution in [3.63, 3.8) is 0 Å². The fourth-order valence-electron chi connectivity index (χ4n) is 1.99. The second-order valence-corrected chi connectivity index (χ2v) is 5.26. The number of esters is 1. The zero-order chi connectivity index (χ0) is 15.2. The Bertz CT molecular complexity index is 643. The minimum Gasteiger partial charge on any atom is -0.495 e. The van der Waals surface area contributed by atoms with Gasteiger partial charge in [0.15, 0.2) is 0 Å². The summed E-state index contributed by atoms with van der Waals surface area (Å²) in [6.07, 6.45) is 0. The number of nitrogens with one attached hydrogen (secondary N) is 1. The number of hydrogen-bond acceptors (Lipinski definition) is 4. The van der Waals surface area contributed by atoms with E-state index in [1.807, 2.05) is 36.4 Å². The van der Waals surface area contributed by atoms with Crippen LogP contribution in [0.4, 0.5) is 5.69 Å². The fourth-order valence-corrected chi connectivity index (χ4v) is 2.35. The topological polar surface area (TPSA) is 47.6 Å². The van der Waals surface area contributed by atoms with Crippen LogP contribution in [-0.2, 0) is 11.3 Å². The molecular weight excluding hydrogens is 334 g/mol. The number of anilines is 1. The van der Waals surface area contributed by atoms with E-state index in [4.69, 9.17) is 9.47 Å². The van der Waals surface area contributed by atoms with E-state index in [0.29, 0.717) is 12.1 Å².